The lowest BCUT2D eigenvalue weighted by Crippen LogP contribution is -1.80. The lowest BCUT2D eigenvalue weighted by atomic mass is 10.2. The molecule has 0 aliphatic rings. The quantitative estimate of drug-likeness (QED) is 0.682. The number of H-pyrrole nitrogens is 1. The molecule has 12 heavy (non-hydrogen) atoms. The second kappa shape index (κ2) is 2.63. The van der Waals surface area contributed by atoms with Gasteiger partial charge >= 0.3 is 0 Å². The molecule has 0 aliphatic heterocycles. The number of rotatable bonds is 1. The fourth-order valence-electron chi connectivity index (χ4n) is 1.56. The van der Waals surface area contributed by atoms with Crippen LogP contribution in [0.5, 0.6) is 0 Å². The van der Waals surface area contributed by atoms with E-state index in [1.807, 2.05) is 12.3 Å². The molecule has 0 bridgehead atoms. The van der Waals surface area contributed by atoms with E-state index in [0.717, 1.165) is 12.1 Å². The highest BCUT2D eigenvalue weighted by Gasteiger charge is 2.04. The molecule has 2 heteroatoms. The van der Waals surface area contributed by atoms with Gasteiger partial charge in [0.05, 0.1) is 0 Å². The second-order valence-electron chi connectivity index (χ2n) is 2.98. The van der Waals surface area contributed by atoms with Gasteiger partial charge in [-0.2, -0.15) is 0 Å². The Labute approximate surface area is 71.6 Å². The zero-order valence-electron chi connectivity index (χ0n) is 7.39. The van der Waals surface area contributed by atoms with Gasteiger partial charge in [0.25, 0.3) is 0 Å². The van der Waals surface area contributed by atoms with E-state index >= 15 is 0 Å². The fraction of sp³-hybridized carbons (Fsp3) is 0.300. The Hall–Kier alpha value is -1.31. The third-order valence-electron chi connectivity index (χ3n) is 2.29. The van der Waals surface area contributed by atoms with Gasteiger partial charge in [-0.3, -0.25) is 0 Å². The molecule has 0 amide bonds. The van der Waals surface area contributed by atoms with Crippen molar-refractivity contribution in [3.05, 3.63) is 29.6 Å². The van der Waals surface area contributed by atoms with Crippen molar-refractivity contribution in [1.29, 1.82) is 0 Å². The highest BCUT2D eigenvalue weighted by Crippen LogP contribution is 2.19. The minimum absolute atomic E-state index is 1.01. The molecule has 2 heterocycles. The average molecular weight is 160 g/mol. The molecule has 0 saturated carbocycles. The lowest BCUT2D eigenvalue weighted by Gasteiger charge is -1.90. The van der Waals surface area contributed by atoms with Crippen LogP contribution in [-0.4, -0.2) is 9.97 Å². The Morgan fingerprint density at radius 1 is 1.50 bits per heavy atom. The van der Waals surface area contributed by atoms with Crippen molar-refractivity contribution in [2.45, 2.75) is 20.3 Å². The Bertz CT molecular complexity index is 401. The molecule has 1 N–H and O–H groups in total. The summed E-state index contributed by atoms with van der Waals surface area (Å²) in [4.78, 5) is 7.56. The summed E-state index contributed by atoms with van der Waals surface area (Å²) in [5.41, 5.74) is 3.64. The van der Waals surface area contributed by atoms with Crippen LogP contribution in [-0.2, 0) is 6.42 Å². The summed E-state index contributed by atoms with van der Waals surface area (Å²) < 4.78 is 0. The molecule has 0 saturated heterocycles. The summed E-state index contributed by atoms with van der Waals surface area (Å²) in [7, 11) is 0. The minimum atomic E-state index is 1.01. The normalized spacial score (nSPS) is 10.8. The van der Waals surface area contributed by atoms with Gasteiger partial charge < -0.3 is 4.98 Å². The van der Waals surface area contributed by atoms with Crippen molar-refractivity contribution >= 4 is 11.0 Å². The number of aromatic amines is 1. The number of fused-ring (bicyclic) bond motifs is 1. The number of aromatic nitrogens is 2. The Balaban J connectivity index is 2.78. The minimum Gasteiger partial charge on any atom is -0.343 e. The monoisotopic (exact) mass is 160 g/mol. The first-order valence-electron chi connectivity index (χ1n) is 4.25. The van der Waals surface area contributed by atoms with Crippen LogP contribution in [0.1, 0.15) is 18.2 Å². The van der Waals surface area contributed by atoms with E-state index in [1.165, 1.54) is 16.6 Å². The highest BCUT2D eigenvalue weighted by atomic mass is 14.9. The summed E-state index contributed by atoms with van der Waals surface area (Å²) in [5.74, 6) is 0. The molecular formula is C10H12N2. The third kappa shape index (κ3) is 0.916. The summed E-state index contributed by atoms with van der Waals surface area (Å²) in [6.45, 7) is 4.29. The number of hydrogen-bond acceptors (Lipinski definition) is 1. The van der Waals surface area contributed by atoms with Crippen molar-refractivity contribution in [2.75, 3.05) is 0 Å². The SMILES string of the molecule is CCc1[nH]c2ncccc2c1C. The zero-order valence-corrected chi connectivity index (χ0v) is 7.39. The Kier molecular flexibility index (Phi) is 1.61. The topological polar surface area (TPSA) is 28.7 Å². The number of aryl methyl sites for hydroxylation is 2. The third-order valence-corrected chi connectivity index (χ3v) is 2.29. The fourth-order valence-corrected chi connectivity index (χ4v) is 1.56. The van der Waals surface area contributed by atoms with Crippen LogP contribution in [0.25, 0.3) is 11.0 Å². The number of hydrogen-bond donors (Lipinski definition) is 1. The van der Waals surface area contributed by atoms with Crippen molar-refractivity contribution in [2.24, 2.45) is 0 Å². The van der Waals surface area contributed by atoms with Crippen LogP contribution < -0.4 is 0 Å². The van der Waals surface area contributed by atoms with Crippen molar-refractivity contribution in [3.63, 3.8) is 0 Å². The standard InChI is InChI=1S/C10H12N2/c1-3-9-7(2)8-5-4-6-11-10(8)12-9/h4-6H,3H2,1-2H3,(H,11,12). The molecule has 0 fully saturated rings. The maximum atomic E-state index is 4.26. The molecule has 2 aromatic rings. The predicted molar refractivity (Wildman–Crippen MR) is 50.2 cm³/mol. The first-order valence-corrected chi connectivity index (χ1v) is 4.25. The van der Waals surface area contributed by atoms with E-state index in [4.69, 9.17) is 0 Å². The zero-order chi connectivity index (χ0) is 8.55. The smallest absolute Gasteiger partial charge is 0.137 e. The molecular weight excluding hydrogens is 148 g/mol. The maximum absolute atomic E-state index is 4.26. The molecule has 62 valence electrons. The van der Waals surface area contributed by atoms with Crippen LogP contribution >= 0.6 is 0 Å². The molecule has 0 unspecified atom stereocenters. The van der Waals surface area contributed by atoms with Gasteiger partial charge in [-0.25, -0.2) is 4.98 Å². The van der Waals surface area contributed by atoms with E-state index in [2.05, 4.69) is 29.9 Å². The molecule has 0 spiro atoms. The van der Waals surface area contributed by atoms with Gasteiger partial charge in [0.1, 0.15) is 5.65 Å². The van der Waals surface area contributed by atoms with Crippen LogP contribution in [0, 0.1) is 6.92 Å². The number of nitrogens with one attached hydrogen (secondary N) is 1. The van der Waals surface area contributed by atoms with Crippen molar-refractivity contribution in [1.82, 2.24) is 9.97 Å². The summed E-state index contributed by atoms with van der Waals surface area (Å²) in [6, 6.07) is 4.08. The molecule has 0 radical (unpaired) electrons. The van der Waals surface area contributed by atoms with Crippen LogP contribution in [0.2, 0.25) is 0 Å². The van der Waals surface area contributed by atoms with Gasteiger partial charge in [0.15, 0.2) is 0 Å². The first kappa shape index (κ1) is 7.35. The van der Waals surface area contributed by atoms with Crippen LogP contribution in [0.4, 0.5) is 0 Å². The van der Waals surface area contributed by atoms with Gasteiger partial charge in [0.2, 0.25) is 0 Å². The van der Waals surface area contributed by atoms with E-state index < -0.39 is 0 Å². The average Bonchev–Trinajstić information content (AvgIpc) is 2.44. The Morgan fingerprint density at radius 3 is 3.00 bits per heavy atom. The van der Waals surface area contributed by atoms with E-state index in [9.17, 15) is 0 Å². The molecule has 0 atom stereocenters. The van der Waals surface area contributed by atoms with Gasteiger partial charge in [-0.1, -0.05) is 6.92 Å². The Morgan fingerprint density at radius 2 is 2.33 bits per heavy atom. The summed E-state index contributed by atoms with van der Waals surface area (Å²) in [6.07, 6.45) is 2.86. The number of nitrogens with zero attached hydrogens (tertiary/aromatic N) is 1. The van der Waals surface area contributed by atoms with Gasteiger partial charge in [-0.05, 0) is 31.0 Å². The van der Waals surface area contributed by atoms with Crippen molar-refractivity contribution < 1.29 is 0 Å². The molecule has 2 aromatic heterocycles. The largest absolute Gasteiger partial charge is 0.343 e. The molecule has 2 nitrogen and oxygen atoms in total. The van der Waals surface area contributed by atoms with Crippen LogP contribution in [0.15, 0.2) is 18.3 Å². The van der Waals surface area contributed by atoms with Gasteiger partial charge in [-0.15, -0.1) is 0 Å². The number of pyridine rings is 1. The second-order valence-corrected chi connectivity index (χ2v) is 2.98. The van der Waals surface area contributed by atoms with E-state index in [-0.39, 0.29) is 0 Å². The van der Waals surface area contributed by atoms with Gasteiger partial charge in [0, 0.05) is 17.3 Å². The van der Waals surface area contributed by atoms with E-state index in [0.29, 0.717) is 0 Å². The summed E-state index contributed by atoms with van der Waals surface area (Å²) in [5, 5.41) is 1.24. The molecule has 2 rings (SSSR count). The molecule has 0 aromatic carbocycles. The van der Waals surface area contributed by atoms with Crippen LogP contribution in [0.3, 0.4) is 0 Å². The molecule has 0 aliphatic carbocycles. The summed E-state index contributed by atoms with van der Waals surface area (Å²) >= 11 is 0. The lowest BCUT2D eigenvalue weighted by molar-refractivity contribution is 1.05. The first-order chi connectivity index (χ1) is 5.83. The van der Waals surface area contributed by atoms with Crippen molar-refractivity contribution in [3.8, 4) is 0 Å². The highest BCUT2D eigenvalue weighted by molar-refractivity contribution is 5.80. The maximum Gasteiger partial charge on any atom is 0.137 e. The predicted octanol–water partition coefficient (Wildman–Crippen LogP) is 2.43. The van der Waals surface area contributed by atoms with E-state index in [1.54, 1.807) is 0 Å².